The van der Waals surface area contributed by atoms with E-state index >= 15 is 0 Å². The van der Waals surface area contributed by atoms with E-state index in [1.54, 1.807) is 0 Å². The van der Waals surface area contributed by atoms with Crippen LogP contribution in [-0.2, 0) is 6.54 Å². The SMILES string of the molecule is Cc1ccc(CNC2CC(C)(C)CC(C)(C)C2)cc1Cl. The van der Waals surface area contributed by atoms with Gasteiger partial charge in [-0.25, -0.2) is 0 Å². The van der Waals surface area contributed by atoms with Crippen LogP contribution in [0.25, 0.3) is 0 Å². The standard InChI is InChI=1S/C18H28ClN/c1-13-6-7-14(8-16(13)19)11-20-15-9-17(2,3)12-18(4,5)10-15/h6-8,15,20H,9-12H2,1-5H3. The zero-order chi connectivity index (χ0) is 15.0. The zero-order valence-corrected chi connectivity index (χ0v) is 14.3. The van der Waals surface area contributed by atoms with Crippen molar-refractivity contribution in [1.82, 2.24) is 5.32 Å². The topological polar surface area (TPSA) is 12.0 Å². The first-order chi connectivity index (χ1) is 9.17. The van der Waals surface area contributed by atoms with E-state index in [0.717, 1.165) is 17.1 Å². The molecule has 2 heteroatoms. The summed E-state index contributed by atoms with van der Waals surface area (Å²) in [7, 11) is 0. The number of halogens is 1. The van der Waals surface area contributed by atoms with Crippen molar-refractivity contribution in [2.45, 2.75) is 66.5 Å². The van der Waals surface area contributed by atoms with Crippen LogP contribution in [-0.4, -0.2) is 6.04 Å². The summed E-state index contributed by atoms with van der Waals surface area (Å²) < 4.78 is 0. The van der Waals surface area contributed by atoms with Gasteiger partial charge in [-0.15, -0.1) is 0 Å². The molecule has 0 saturated heterocycles. The zero-order valence-electron chi connectivity index (χ0n) is 13.5. The summed E-state index contributed by atoms with van der Waals surface area (Å²) in [4.78, 5) is 0. The van der Waals surface area contributed by atoms with E-state index in [9.17, 15) is 0 Å². The average molecular weight is 294 g/mol. The van der Waals surface area contributed by atoms with Gasteiger partial charge < -0.3 is 5.32 Å². The van der Waals surface area contributed by atoms with Crippen LogP contribution in [0.15, 0.2) is 18.2 Å². The van der Waals surface area contributed by atoms with Crippen molar-refractivity contribution in [1.29, 1.82) is 0 Å². The highest BCUT2D eigenvalue weighted by Crippen LogP contribution is 2.45. The summed E-state index contributed by atoms with van der Waals surface area (Å²) in [5, 5.41) is 4.61. The summed E-state index contributed by atoms with van der Waals surface area (Å²) in [5.41, 5.74) is 3.30. The van der Waals surface area contributed by atoms with Gasteiger partial charge in [-0.1, -0.05) is 51.4 Å². The Morgan fingerprint density at radius 2 is 1.75 bits per heavy atom. The molecule has 0 radical (unpaired) electrons. The third-order valence-corrected chi connectivity index (χ3v) is 4.79. The summed E-state index contributed by atoms with van der Waals surface area (Å²) in [6.07, 6.45) is 3.83. The molecule has 0 amide bonds. The molecule has 1 aromatic carbocycles. The highest BCUT2D eigenvalue weighted by Gasteiger charge is 2.38. The smallest absolute Gasteiger partial charge is 0.0438 e. The van der Waals surface area contributed by atoms with Gasteiger partial charge in [0.15, 0.2) is 0 Å². The molecule has 0 aromatic heterocycles. The van der Waals surface area contributed by atoms with Crippen molar-refractivity contribution in [3.63, 3.8) is 0 Å². The normalized spacial score (nSPS) is 21.9. The molecule has 0 bridgehead atoms. The van der Waals surface area contributed by atoms with E-state index in [2.05, 4.69) is 51.2 Å². The summed E-state index contributed by atoms with van der Waals surface area (Å²) in [5.74, 6) is 0. The molecule has 1 saturated carbocycles. The Morgan fingerprint density at radius 3 is 2.30 bits per heavy atom. The molecule has 0 spiro atoms. The number of rotatable bonds is 3. The van der Waals surface area contributed by atoms with Crippen LogP contribution in [0.2, 0.25) is 5.02 Å². The quantitative estimate of drug-likeness (QED) is 0.793. The van der Waals surface area contributed by atoms with E-state index in [4.69, 9.17) is 11.6 Å². The minimum absolute atomic E-state index is 0.435. The Labute approximate surface area is 129 Å². The molecule has 112 valence electrons. The van der Waals surface area contributed by atoms with Gasteiger partial charge in [-0.05, 0) is 54.2 Å². The molecule has 1 aliphatic rings. The van der Waals surface area contributed by atoms with Gasteiger partial charge in [0.25, 0.3) is 0 Å². The first-order valence-corrected chi connectivity index (χ1v) is 8.03. The minimum Gasteiger partial charge on any atom is -0.310 e. The Morgan fingerprint density at radius 1 is 1.15 bits per heavy atom. The van der Waals surface area contributed by atoms with Crippen molar-refractivity contribution < 1.29 is 0 Å². The van der Waals surface area contributed by atoms with Gasteiger partial charge >= 0.3 is 0 Å². The number of nitrogens with one attached hydrogen (secondary N) is 1. The Bertz CT molecular complexity index is 460. The third kappa shape index (κ3) is 4.23. The highest BCUT2D eigenvalue weighted by atomic mass is 35.5. The number of aryl methyl sites for hydroxylation is 1. The predicted octanol–water partition coefficient (Wildman–Crippen LogP) is 5.34. The number of hydrogen-bond donors (Lipinski definition) is 1. The van der Waals surface area contributed by atoms with E-state index in [1.807, 2.05) is 6.92 Å². The highest BCUT2D eigenvalue weighted by molar-refractivity contribution is 6.31. The van der Waals surface area contributed by atoms with Crippen LogP contribution < -0.4 is 5.32 Å². The van der Waals surface area contributed by atoms with E-state index in [1.165, 1.54) is 24.8 Å². The van der Waals surface area contributed by atoms with Crippen molar-refractivity contribution in [2.75, 3.05) is 0 Å². The molecular formula is C18H28ClN. The van der Waals surface area contributed by atoms with E-state index in [0.29, 0.717) is 16.9 Å². The lowest BCUT2D eigenvalue weighted by Gasteiger charge is -2.45. The molecule has 1 N–H and O–H groups in total. The van der Waals surface area contributed by atoms with Gasteiger partial charge in [0.05, 0.1) is 0 Å². The van der Waals surface area contributed by atoms with Gasteiger partial charge in [-0.3, -0.25) is 0 Å². The summed E-state index contributed by atoms with van der Waals surface area (Å²) >= 11 is 6.20. The van der Waals surface area contributed by atoms with Crippen LogP contribution in [0, 0.1) is 17.8 Å². The van der Waals surface area contributed by atoms with Gasteiger partial charge in [0, 0.05) is 17.6 Å². The van der Waals surface area contributed by atoms with E-state index in [-0.39, 0.29) is 0 Å². The maximum absolute atomic E-state index is 6.20. The number of benzene rings is 1. The fourth-order valence-corrected chi connectivity index (χ4v) is 4.20. The first kappa shape index (κ1) is 15.9. The Hall–Kier alpha value is -0.530. The van der Waals surface area contributed by atoms with Crippen molar-refractivity contribution in [3.05, 3.63) is 34.3 Å². The minimum atomic E-state index is 0.435. The van der Waals surface area contributed by atoms with Crippen molar-refractivity contribution in [2.24, 2.45) is 10.8 Å². The van der Waals surface area contributed by atoms with Crippen LogP contribution in [0.1, 0.15) is 58.1 Å². The molecule has 2 rings (SSSR count). The largest absolute Gasteiger partial charge is 0.310 e. The Balaban J connectivity index is 1.98. The molecule has 0 unspecified atom stereocenters. The average Bonchev–Trinajstić information content (AvgIpc) is 2.27. The molecule has 0 heterocycles. The van der Waals surface area contributed by atoms with Crippen LogP contribution in [0.4, 0.5) is 0 Å². The predicted molar refractivity (Wildman–Crippen MR) is 88.2 cm³/mol. The van der Waals surface area contributed by atoms with Crippen LogP contribution >= 0.6 is 11.6 Å². The van der Waals surface area contributed by atoms with Crippen molar-refractivity contribution >= 4 is 11.6 Å². The fraction of sp³-hybridized carbons (Fsp3) is 0.667. The third-order valence-electron chi connectivity index (χ3n) is 4.39. The molecule has 1 nitrogen and oxygen atoms in total. The van der Waals surface area contributed by atoms with Crippen LogP contribution in [0.5, 0.6) is 0 Å². The molecule has 1 aromatic rings. The number of hydrogen-bond acceptors (Lipinski definition) is 1. The maximum atomic E-state index is 6.20. The molecule has 20 heavy (non-hydrogen) atoms. The first-order valence-electron chi connectivity index (χ1n) is 7.65. The second-order valence-electron chi connectivity index (χ2n) is 8.07. The van der Waals surface area contributed by atoms with E-state index < -0.39 is 0 Å². The molecule has 1 aliphatic carbocycles. The van der Waals surface area contributed by atoms with Crippen molar-refractivity contribution in [3.8, 4) is 0 Å². The Kier molecular flexibility index (Phi) is 4.51. The molecule has 1 fully saturated rings. The summed E-state index contributed by atoms with van der Waals surface area (Å²) in [6.45, 7) is 12.5. The maximum Gasteiger partial charge on any atom is 0.0438 e. The second-order valence-corrected chi connectivity index (χ2v) is 8.48. The van der Waals surface area contributed by atoms with Gasteiger partial charge in [-0.2, -0.15) is 0 Å². The van der Waals surface area contributed by atoms with Crippen LogP contribution in [0.3, 0.4) is 0 Å². The van der Waals surface area contributed by atoms with Gasteiger partial charge in [0.1, 0.15) is 0 Å². The molecule has 0 atom stereocenters. The lowest BCUT2D eigenvalue weighted by Crippen LogP contribution is -2.43. The molecular weight excluding hydrogens is 266 g/mol. The lowest BCUT2D eigenvalue weighted by atomic mass is 9.63. The lowest BCUT2D eigenvalue weighted by molar-refractivity contribution is 0.0845. The fourth-order valence-electron chi connectivity index (χ4n) is 4.00. The molecule has 0 aliphatic heterocycles. The second kappa shape index (κ2) is 5.69. The monoisotopic (exact) mass is 293 g/mol. The summed E-state index contributed by atoms with van der Waals surface area (Å²) in [6, 6.07) is 6.97. The van der Waals surface area contributed by atoms with Gasteiger partial charge in [0.2, 0.25) is 0 Å².